The summed E-state index contributed by atoms with van der Waals surface area (Å²) in [4.78, 5) is 4.33. The molecule has 17 heavy (non-hydrogen) atoms. The maximum atomic E-state index is 4.33. The predicted octanol–water partition coefficient (Wildman–Crippen LogP) is -0.345. The Labute approximate surface area is 115 Å². The van der Waals surface area contributed by atoms with Gasteiger partial charge in [0.15, 0.2) is 0 Å². The quantitative estimate of drug-likeness (QED) is 0.683. The molecule has 2 aromatic rings. The Balaban J connectivity index is 0.00000128. The van der Waals surface area contributed by atoms with Gasteiger partial charge in [-0.3, -0.25) is 0 Å². The number of nitrogens with zero attached hydrogens (tertiary/aromatic N) is 2. The maximum absolute atomic E-state index is 4.33. The molecular weight excluding hydrogens is 255 g/mol. The van der Waals surface area contributed by atoms with Crippen LogP contribution in [0.4, 0.5) is 0 Å². The van der Waals surface area contributed by atoms with Crippen molar-refractivity contribution in [2.24, 2.45) is 0 Å². The van der Waals surface area contributed by atoms with Crippen LogP contribution < -0.4 is 17.0 Å². The smallest absolute Gasteiger partial charge is 0.327 e. The van der Waals surface area contributed by atoms with E-state index < -0.39 is 0 Å². The summed E-state index contributed by atoms with van der Waals surface area (Å²) in [7, 11) is 0. The SMILES string of the molecule is CCc1cc[n+](-c2cc(C)ccn2)cc1.Cl.[Cl-]. The van der Waals surface area contributed by atoms with Crippen LogP contribution in [0.5, 0.6) is 0 Å². The molecular formula is C13H16Cl2N2. The lowest BCUT2D eigenvalue weighted by Gasteiger charge is -1.98. The molecule has 0 saturated heterocycles. The first-order chi connectivity index (χ1) is 7.29. The van der Waals surface area contributed by atoms with E-state index >= 15 is 0 Å². The minimum absolute atomic E-state index is 0. The number of halogens is 2. The molecule has 0 atom stereocenters. The second kappa shape index (κ2) is 7.25. The summed E-state index contributed by atoms with van der Waals surface area (Å²) < 4.78 is 2.03. The molecule has 2 aromatic heterocycles. The van der Waals surface area contributed by atoms with Crippen LogP contribution in [0.25, 0.3) is 5.82 Å². The number of hydrogen-bond acceptors (Lipinski definition) is 1. The second-order valence-electron chi connectivity index (χ2n) is 3.66. The van der Waals surface area contributed by atoms with Gasteiger partial charge < -0.3 is 12.4 Å². The average Bonchev–Trinajstić information content (AvgIpc) is 2.29. The van der Waals surface area contributed by atoms with Crippen molar-refractivity contribution in [3.05, 3.63) is 54.0 Å². The molecule has 0 aliphatic rings. The van der Waals surface area contributed by atoms with Crippen LogP contribution in [0, 0.1) is 6.92 Å². The van der Waals surface area contributed by atoms with Gasteiger partial charge in [0, 0.05) is 6.07 Å². The fourth-order valence-corrected chi connectivity index (χ4v) is 1.51. The standard InChI is InChI=1S/C13H15N2.2ClH/c1-3-12-5-8-15(9-6-12)13-10-11(2)4-7-14-13;;/h4-10H,3H2,1-2H3;2*1H/q+1;;/p-1. The third-order valence-corrected chi connectivity index (χ3v) is 2.47. The Bertz CT molecular complexity index is 455. The van der Waals surface area contributed by atoms with Crippen LogP contribution in [-0.2, 0) is 6.42 Å². The molecule has 0 radical (unpaired) electrons. The van der Waals surface area contributed by atoms with Crippen molar-refractivity contribution in [3.8, 4) is 5.82 Å². The van der Waals surface area contributed by atoms with Crippen molar-refractivity contribution in [1.29, 1.82) is 0 Å². The first kappa shape index (κ1) is 15.9. The molecule has 0 spiro atoms. The third kappa shape index (κ3) is 3.99. The summed E-state index contributed by atoms with van der Waals surface area (Å²) in [5.41, 5.74) is 2.57. The number of hydrogen-bond donors (Lipinski definition) is 0. The van der Waals surface area contributed by atoms with Gasteiger partial charge >= 0.3 is 5.82 Å². The molecule has 2 nitrogen and oxygen atoms in total. The molecule has 0 aromatic carbocycles. The van der Waals surface area contributed by atoms with Gasteiger partial charge in [0.2, 0.25) is 0 Å². The minimum atomic E-state index is 0. The molecule has 0 aliphatic carbocycles. The summed E-state index contributed by atoms with van der Waals surface area (Å²) in [5.74, 6) is 0.970. The van der Waals surface area contributed by atoms with E-state index in [4.69, 9.17) is 0 Å². The highest BCUT2D eigenvalue weighted by Crippen LogP contribution is 2.01. The monoisotopic (exact) mass is 270 g/mol. The van der Waals surface area contributed by atoms with Gasteiger partial charge in [-0.25, -0.2) is 4.57 Å². The number of aryl methyl sites for hydroxylation is 2. The first-order valence-electron chi connectivity index (χ1n) is 5.23. The van der Waals surface area contributed by atoms with Crippen molar-refractivity contribution in [2.45, 2.75) is 20.3 Å². The largest absolute Gasteiger partial charge is 1.00 e. The molecule has 2 heterocycles. The molecule has 0 bridgehead atoms. The average molecular weight is 271 g/mol. The van der Waals surface area contributed by atoms with Gasteiger partial charge in [-0.15, -0.1) is 12.4 Å². The minimum Gasteiger partial charge on any atom is -1.00 e. The lowest BCUT2D eigenvalue weighted by molar-refractivity contribution is -0.599. The highest BCUT2D eigenvalue weighted by molar-refractivity contribution is 5.85. The van der Waals surface area contributed by atoms with Crippen LogP contribution in [-0.4, -0.2) is 4.98 Å². The Kier molecular flexibility index (Phi) is 6.78. The van der Waals surface area contributed by atoms with Gasteiger partial charge in [0.1, 0.15) is 6.20 Å². The second-order valence-corrected chi connectivity index (χ2v) is 3.66. The fourth-order valence-electron chi connectivity index (χ4n) is 1.51. The van der Waals surface area contributed by atoms with Crippen molar-refractivity contribution < 1.29 is 17.0 Å². The van der Waals surface area contributed by atoms with Gasteiger partial charge in [-0.05, 0) is 47.7 Å². The predicted molar refractivity (Wildman–Crippen MR) is 67.1 cm³/mol. The molecule has 0 unspecified atom stereocenters. The van der Waals surface area contributed by atoms with Crippen LogP contribution >= 0.6 is 12.4 Å². The van der Waals surface area contributed by atoms with Crippen molar-refractivity contribution in [3.63, 3.8) is 0 Å². The number of pyridine rings is 2. The van der Waals surface area contributed by atoms with Gasteiger partial charge in [-0.2, -0.15) is 0 Å². The summed E-state index contributed by atoms with van der Waals surface area (Å²) in [5, 5.41) is 0. The molecule has 0 N–H and O–H groups in total. The van der Waals surface area contributed by atoms with Gasteiger partial charge in [0.05, 0.1) is 12.4 Å². The van der Waals surface area contributed by atoms with Crippen LogP contribution in [0.2, 0.25) is 0 Å². The Hall–Kier alpha value is -1.12. The zero-order valence-electron chi connectivity index (χ0n) is 9.93. The highest BCUT2D eigenvalue weighted by Gasteiger charge is 2.05. The lowest BCUT2D eigenvalue weighted by Crippen LogP contribution is -3.00. The van der Waals surface area contributed by atoms with Gasteiger partial charge in [-0.1, -0.05) is 6.92 Å². The zero-order chi connectivity index (χ0) is 10.7. The number of rotatable bonds is 2. The van der Waals surface area contributed by atoms with Gasteiger partial charge in [0.25, 0.3) is 0 Å². The normalized spacial score (nSPS) is 9.06. The zero-order valence-corrected chi connectivity index (χ0v) is 11.5. The van der Waals surface area contributed by atoms with E-state index in [0.29, 0.717) is 0 Å². The van der Waals surface area contributed by atoms with Crippen LogP contribution in [0.3, 0.4) is 0 Å². The Morgan fingerprint density at radius 2 is 1.82 bits per heavy atom. The van der Waals surface area contributed by atoms with E-state index in [0.717, 1.165) is 12.2 Å². The molecule has 0 aliphatic heterocycles. The molecule has 92 valence electrons. The van der Waals surface area contributed by atoms with Crippen LogP contribution in [0.15, 0.2) is 42.9 Å². The summed E-state index contributed by atoms with van der Waals surface area (Å²) in [6.07, 6.45) is 7.02. The summed E-state index contributed by atoms with van der Waals surface area (Å²) in [6, 6.07) is 8.34. The van der Waals surface area contributed by atoms with Crippen molar-refractivity contribution >= 4 is 12.4 Å². The van der Waals surface area contributed by atoms with E-state index in [9.17, 15) is 0 Å². The van der Waals surface area contributed by atoms with E-state index in [1.807, 2.05) is 16.8 Å². The molecule has 0 saturated carbocycles. The molecule has 0 fully saturated rings. The fraction of sp³-hybridized carbons (Fsp3) is 0.231. The van der Waals surface area contributed by atoms with E-state index in [2.05, 4.69) is 49.4 Å². The van der Waals surface area contributed by atoms with Crippen LogP contribution in [0.1, 0.15) is 18.1 Å². The summed E-state index contributed by atoms with van der Waals surface area (Å²) in [6.45, 7) is 4.23. The van der Waals surface area contributed by atoms with E-state index in [1.54, 1.807) is 0 Å². The molecule has 4 heteroatoms. The van der Waals surface area contributed by atoms with E-state index in [-0.39, 0.29) is 24.8 Å². The van der Waals surface area contributed by atoms with E-state index in [1.165, 1.54) is 11.1 Å². The lowest BCUT2D eigenvalue weighted by atomic mass is 10.2. The Morgan fingerprint density at radius 1 is 1.18 bits per heavy atom. The third-order valence-electron chi connectivity index (χ3n) is 2.47. The molecule has 2 rings (SSSR count). The molecule has 0 amide bonds. The first-order valence-corrected chi connectivity index (χ1v) is 5.23. The maximum Gasteiger partial charge on any atom is 0.327 e. The number of aromatic nitrogens is 2. The highest BCUT2D eigenvalue weighted by atomic mass is 35.5. The van der Waals surface area contributed by atoms with Crippen molar-refractivity contribution in [2.75, 3.05) is 0 Å². The topological polar surface area (TPSA) is 16.8 Å². The summed E-state index contributed by atoms with van der Waals surface area (Å²) >= 11 is 0. The Morgan fingerprint density at radius 3 is 2.35 bits per heavy atom. The van der Waals surface area contributed by atoms with Crippen molar-refractivity contribution in [1.82, 2.24) is 4.98 Å².